The molecule has 2 aromatic carbocycles. The monoisotopic (exact) mass is 794 g/mol. The Bertz CT molecular complexity index is 2070. The maximum absolute atomic E-state index is 14.4. The molecular weight excluding hydrogens is 741 g/mol. The van der Waals surface area contributed by atoms with Gasteiger partial charge >= 0.3 is 0 Å². The zero-order valence-electron chi connectivity index (χ0n) is 33.8. The van der Waals surface area contributed by atoms with Crippen molar-refractivity contribution in [2.24, 2.45) is 11.8 Å². The van der Waals surface area contributed by atoms with Gasteiger partial charge in [0.2, 0.25) is 29.5 Å². The fourth-order valence-electron chi connectivity index (χ4n) is 6.84. The molecule has 0 spiro atoms. The van der Waals surface area contributed by atoms with Gasteiger partial charge in [0.1, 0.15) is 29.9 Å². The van der Waals surface area contributed by atoms with Crippen molar-refractivity contribution in [3.8, 4) is 5.75 Å². The van der Waals surface area contributed by atoms with E-state index in [1.165, 1.54) is 24.2 Å². The average molecular weight is 795 g/mol. The first-order valence-corrected chi connectivity index (χ1v) is 19.6. The number of aromatic amines is 1. The minimum Gasteiger partial charge on any atom is -0.497 e. The van der Waals surface area contributed by atoms with Crippen LogP contribution in [0.5, 0.6) is 5.75 Å². The normalized spacial score (nSPS) is 21.7. The van der Waals surface area contributed by atoms with Crippen LogP contribution in [-0.4, -0.2) is 101 Å². The summed E-state index contributed by atoms with van der Waals surface area (Å²) in [5, 5.41) is 15.1. The quantitative estimate of drug-likeness (QED) is 0.148. The molecule has 5 rings (SSSR count). The Morgan fingerprint density at radius 2 is 1.47 bits per heavy atom. The first-order chi connectivity index (χ1) is 27.7. The van der Waals surface area contributed by atoms with Crippen LogP contribution in [-0.2, 0) is 36.8 Å². The number of ether oxygens (including phenoxy) is 1. The summed E-state index contributed by atoms with van der Waals surface area (Å²) in [6.07, 6.45) is 5.02. The Balaban J connectivity index is 1.55. The van der Waals surface area contributed by atoms with E-state index in [2.05, 4.69) is 36.6 Å². The van der Waals surface area contributed by atoms with Crippen molar-refractivity contribution in [3.63, 3.8) is 0 Å². The first kappa shape index (κ1) is 42.9. The number of pyridine rings is 1. The molecule has 1 fully saturated rings. The molecule has 0 aliphatic carbocycles. The average Bonchev–Trinajstić information content (AvgIpc) is 3.61. The molecule has 0 unspecified atom stereocenters. The molecular formula is C43H54N8O7. The van der Waals surface area contributed by atoms with E-state index in [0.29, 0.717) is 11.3 Å². The van der Waals surface area contributed by atoms with Gasteiger partial charge in [-0.1, -0.05) is 58.0 Å². The highest BCUT2D eigenvalue weighted by molar-refractivity contribution is 5.98. The molecule has 58 heavy (non-hydrogen) atoms. The number of amides is 6. The molecule has 0 radical (unpaired) electrons. The van der Waals surface area contributed by atoms with Crippen LogP contribution in [0.25, 0.3) is 10.9 Å². The van der Waals surface area contributed by atoms with Crippen molar-refractivity contribution in [2.75, 3.05) is 20.2 Å². The summed E-state index contributed by atoms with van der Waals surface area (Å²) in [5.41, 5.74) is 2.53. The third-order valence-corrected chi connectivity index (χ3v) is 10.2. The second kappa shape index (κ2) is 19.7. The summed E-state index contributed by atoms with van der Waals surface area (Å²) < 4.78 is 5.29. The molecule has 2 aromatic heterocycles. The molecule has 1 aliphatic rings. The van der Waals surface area contributed by atoms with Crippen molar-refractivity contribution in [2.45, 2.75) is 84.1 Å². The van der Waals surface area contributed by atoms with Crippen LogP contribution in [0.3, 0.4) is 0 Å². The number of H-pyrrole nitrogens is 1. The lowest BCUT2D eigenvalue weighted by molar-refractivity contribution is -0.135. The summed E-state index contributed by atoms with van der Waals surface area (Å²) in [6.45, 7) is 8.52. The summed E-state index contributed by atoms with van der Waals surface area (Å²) in [7, 11) is 1.54. The molecule has 15 nitrogen and oxygen atoms in total. The van der Waals surface area contributed by atoms with Gasteiger partial charge in [-0.25, -0.2) is 0 Å². The van der Waals surface area contributed by atoms with Crippen molar-refractivity contribution in [1.82, 2.24) is 41.5 Å². The molecule has 1 aliphatic heterocycles. The number of benzene rings is 2. The van der Waals surface area contributed by atoms with Crippen molar-refractivity contribution in [3.05, 3.63) is 95.9 Å². The fraction of sp³-hybridized carbons (Fsp3) is 0.419. The third kappa shape index (κ3) is 11.4. The van der Waals surface area contributed by atoms with Crippen LogP contribution in [0.2, 0.25) is 0 Å². The number of fused-ring (bicyclic) bond motifs is 1. The van der Waals surface area contributed by atoms with E-state index in [1.54, 1.807) is 49.7 Å². The second-order valence-electron chi connectivity index (χ2n) is 15.5. The summed E-state index contributed by atoms with van der Waals surface area (Å²) in [4.78, 5) is 92.8. The highest BCUT2D eigenvalue weighted by Crippen LogP contribution is 2.20. The lowest BCUT2D eigenvalue weighted by atomic mass is 9.99. The van der Waals surface area contributed by atoms with E-state index >= 15 is 0 Å². The number of hydrogen-bond donors (Lipinski definition) is 6. The van der Waals surface area contributed by atoms with Crippen LogP contribution >= 0.6 is 0 Å². The minimum absolute atomic E-state index is 0.0548. The Morgan fingerprint density at radius 3 is 2.14 bits per heavy atom. The lowest BCUT2D eigenvalue weighted by Gasteiger charge is -2.32. The van der Waals surface area contributed by atoms with E-state index in [0.717, 1.165) is 16.5 Å². The van der Waals surface area contributed by atoms with Gasteiger partial charge in [-0.2, -0.15) is 0 Å². The summed E-state index contributed by atoms with van der Waals surface area (Å²) in [6, 6.07) is 12.6. The van der Waals surface area contributed by atoms with E-state index in [-0.39, 0.29) is 43.2 Å². The number of carbonyl (C=O) groups is 6. The number of methoxy groups -OCH3 is 1. The standard InChI is InChI=1S/C43H54N8O7/c1-25(2)18-34-41(55)49-35(19-28-13-15-31(58-6)16-14-28)40(54)46-27(5)39(53)50-37(26(3)4)23-51(43(57)29-10-9-17-44-21-29)24-38(52)47-36(42(56)48-34)20-30-22-45-33-12-8-7-11-32(30)33/h7-17,21-22,25-27,34-37,45H,18-20,23-24H2,1-6H3,(H,46,54)(H,47,52)(H,48,56)(H,49,55)(H,50,53)/t27-,34+,35+,36-,37-/m1/s1. The molecule has 6 N–H and O–H groups in total. The molecule has 6 amide bonds. The highest BCUT2D eigenvalue weighted by atomic mass is 16.5. The largest absolute Gasteiger partial charge is 0.497 e. The second-order valence-corrected chi connectivity index (χ2v) is 15.5. The van der Waals surface area contributed by atoms with Crippen LogP contribution in [0, 0.1) is 11.8 Å². The van der Waals surface area contributed by atoms with Crippen molar-refractivity contribution in [1.29, 1.82) is 0 Å². The fourth-order valence-corrected chi connectivity index (χ4v) is 6.84. The Hall–Kier alpha value is -6.25. The maximum Gasteiger partial charge on any atom is 0.255 e. The third-order valence-electron chi connectivity index (χ3n) is 10.2. The van der Waals surface area contributed by atoms with Crippen LogP contribution in [0.15, 0.2) is 79.3 Å². The van der Waals surface area contributed by atoms with Gasteiger partial charge in [0.05, 0.1) is 19.2 Å². The van der Waals surface area contributed by atoms with Gasteiger partial charge in [-0.15, -0.1) is 0 Å². The Kier molecular flexibility index (Phi) is 14.6. The van der Waals surface area contributed by atoms with Crippen LogP contribution in [0.1, 0.15) is 62.5 Å². The minimum atomic E-state index is -1.18. The van der Waals surface area contributed by atoms with E-state index in [4.69, 9.17) is 4.74 Å². The van der Waals surface area contributed by atoms with Crippen LogP contribution in [0.4, 0.5) is 0 Å². The van der Waals surface area contributed by atoms with Crippen molar-refractivity contribution >= 4 is 46.3 Å². The molecule has 308 valence electrons. The van der Waals surface area contributed by atoms with Gasteiger partial charge in [0.15, 0.2) is 0 Å². The van der Waals surface area contributed by atoms with Gasteiger partial charge in [0.25, 0.3) is 5.91 Å². The highest BCUT2D eigenvalue weighted by Gasteiger charge is 2.34. The molecule has 4 aromatic rings. The molecule has 0 bridgehead atoms. The number of nitrogens with one attached hydrogen (secondary N) is 6. The van der Waals surface area contributed by atoms with Gasteiger partial charge < -0.3 is 41.2 Å². The first-order valence-electron chi connectivity index (χ1n) is 19.6. The predicted molar refractivity (Wildman–Crippen MR) is 218 cm³/mol. The molecule has 0 saturated carbocycles. The SMILES string of the molecule is COc1ccc(C[C@@H]2NC(=O)[C@H](CC(C)C)NC(=O)[C@@H](Cc3c[nH]c4ccccc34)NC(=O)CN(C(=O)c3cccnc3)C[C@H](C(C)C)NC(=O)[C@@H](C)NC2=O)cc1. The zero-order chi connectivity index (χ0) is 41.9. The molecule has 3 heterocycles. The summed E-state index contributed by atoms with van der Waals surface area (Å²) in [5.74, 6) is -3.17. The molecule has 15 heteroatoms. The lowest BCUT2D eigenvalue weighted by Crippen LogP contribution is -2.60. The van der Waals surface area contributed by atoms with Crippen molar-refractivity contribution < 1.29 is 33.5 Å². The maximum atomic E-state index is 14.4. The predicted octanol–water partition coefficient (Wildman–Crippen LogP) is 2.66. The molecule has 1 saturated heterocycles. The molecule has 5 atom stereocenters. The number of nitrogens with zero attached hydrogens (tertiary/aromatic N) is 2. The number of rotatable bonds is 9. The number of para-hydroxylation sites is 1. The van der Waals surface area contributed by atoms with E-state index in [1.807, 2.05) is 52.0 Å². The van der Waals surface area contributed by atoms with E-state index in [9.17, 15) is 28.8 Å². The van der Waals surface area contributed by atoms with Gasteiger partial charge in [-0.05, 0) is 66.6 Å². The Labute approximate surface area is 338 Å². The summed E-state index contributed by atoms with van der Waals surface area (Å²) >= 11 is 0. The van der Waals surface area contributed by atoms with Crippen LogP contribution < -0.4 is 31.3 Å². The van der Waals surface area contributed by atoms with Gasteiger partial charge in [0, 0.05) is 54.9 Å². The van der Waals surface area contributed by atoms with E-state index < -0.39 is 72.2 Å². The Morgan fingerprint density at radius 1 is 0.793 bits per heavy atom. The zero-order valence-corrected chi connectivity index (χ0v) is 33.8. The number of hydrogen-bond acceptors (Lipinski definition) is 8. The topological polar surface area (TPSA) is 204 Å². The smallest absolute Gasteiger partial charge is 0.255 e. The number of carbonyl (C=O) groups excluding carboxylic acids is 6. The number of aromatic nitrogens is 2. The van der Waals surface area contributed by atoms with Gasteiger partial charge in [-0.3, -0.25) is 33.8 Å².